The summed E-state index contributed by atoms with van der Waals surface area (Å²) in [4.78, 5) is 83.7. The van der Waals surface area contributed by atoms with Crippen molar-refractivity contribution in [2.24, 2.45) is 22.7 Å². The minimum absolute atomic E-state index is 0.0343. The first kappa shape index (κ1) is 45.1. The Morgan fingerprint density at radius 2 is 1.44 bits per heavy atom. The Morgan fingerprint density at radius 1 is 0.857 bits per heavy atom. The molecule has 1 aliphatic heterocycles. The molecule has 4 aliphatic rings. The summed E-state index contributed by atoms with van der Waals surface area (Å²) in [5.41, 5.74) is -5.58. The van der Waals surface area contributed by atoms with E-state index < -0.39 is 113 Å². The lowest BCUT2D eigenvalue weighted by Crippen LogP contribution is -2.80. The first-order valence-electron chi connectivity index (χ1n) is 20.6. The highest BCUT2D eigenvalue weighted by Crippen LogP contribution is 2.65. The maximum atomic E-state index is 15.5. The van der Waals surface area contributed by atoms with Gasteiger partial charge in [-0.15, -0.1) is 0 Å². The Labute approximate surface area is 363 Å². The van der Waals surface area contributed by atoms with E-state index in [-0.39, 0.29) is 35.3 Å². The van der Waals surface area contributed by atoms with Crippen LogP contribution in [0.2, 0.25) is 0 Å². The molecule has 1 amide bonds. The average molecular weight is 870 g/mol. The lowest BCUT2D eigenvalue weighted by Gasteiger charge is -2.67. The van der Waals surface area contributed by atoms with E-state index in [1.54, 1.807) is 78.9 Å². The number of methoxy groups -OCH3 is 1. The molecule has 0 unspecified atom stereocenters. The number of hydrogen-bond acceptors (Lipinski definition) is 15. The van der Waals surface area contributed by atoms with Crippen molar-refractivity contribution in [3.8, 4) is 0 Å². The zero-order chi connectivity index (χ0) is 45.6. The molecule has 1 saturated heterocycles. The predicted molar refractivity (Wildman–Crippen MR) is 219 cm³/mol. The number of carbonyl (C=O) groups excluding carboxylic acids is 6. The molecule has 16 nitrogen and oxygen atoms in total. The number of carbonyl (C=O) groups is 6. The van der Waals surface area contributed by atoms with Gasteiger partial charge in [-0.1, -0.05) is 80.6 Å². The highest BCUT2D eigenvalue weighted by atomic mass is 16.8. The normalized spacial score (nSPS) is 31.5. The summed E-state index contributed by atoms with van der Waals surface area (Å²) >= 11 is 0. The summed E-state index contributed by atoms with van der Waals surface area (Å²) in [5, 5.41) is 40.3. The van der Waals surface area contributed by atoms with Crippen LogP contribution >= 0.6 is 0 Å². The second kappa shape index (κ2) is 17.0. The standard InChI is InChI=1S/C47H51NO15/c1-25-31(61-42(55)35(51)34(27-16-10-7-11-17-27)48-40(53)28-18-12-8-13-19-28)23-46(57)39(62-41(54)29-20-14-9-15-21-29)37-45(5,38(52)36(60-26(2)49)33(25)44(46,3)4)32(50)22-30-24-59-47(30,37)63-43(56)58-6/h7-21,30-32,34-37,39,50-51,57H,22-24H2,1-6H3,(H,48,53)/t30-,31-,32-,34-,35+,36+,37-,39-,45+,46+,47-/m0/s1. The van der Waals surface area contributed by atoms with E-state index >= 15 is 4.79 Å². The minimum Gasteiger partial charge on any atom is -0.456 e. The van der Waals surface area contributed by atoms with Crippen LogP contribution in [0.4, 0.5) is 4.79 Å². The van der Waals surface area contributed by atoms with Gasteiger partial charge in [-0.3, -0.25) is 14.4 Å². The third-order valence-corrected chi connectivity index (χ3v) is 13.6. The summed E-state index contributed by atoms with van der Waals surface area (Å²) in [7, 11) is 1.05. The number of aliphatic hydroxyl groups is 3. The molecule has 63 heavy (non-hydrogen) atoms. The van der Waals surface area contributed by atoms with Crippen LogP contribution in [0.1, 0.15) is 79.8 Å². The summed E-state index contributed by atoms with van der Waals surface area (Å²) in [6.07, 6.45) is -10.9. The molecule has 0 aromatic heterocycles. The van der Waals surface area contributed by atoms with Crippen LogP contribution in [-0.4, -0.2) is 107 Å². The quantitative estimate of drug-likeness (QED) is 0.127. The number of Topliss-reactive ketones (excluding diaryl/α,β-unsaturated/α-hetero) is 1. The van der Waals surface area contributed by atoms with E-state index in [9.17, 15) is 39.3 Å². The zero-order valence-corrected chi connectivity index (χ0v) is 35.6. The van der Waals surface area contributed by atoms with Crippen LogP contribution in [0.25, 0.3) is 0 Å². The van der Waals surface area contributed by atoms with Crippen molar-refractivity contribution in [1.82, 2.24) is 5.32 Å². The van der Waals surface area contributed by atoms with Crippen molar-refractivity contribution in [3.05, 3.63) is 119 Å². The number of fused-ring (bicyclic) bond motifs is 5. The second-order valence-corrected chi connectivity index (χ2v) is 17.3. The van der Waals surface area contributed by atoms with E-state index in [1.165, 1.54) is 39.8 Å². The number of aliphatic hydroxyl groups excluding tert-OH is 2. The van der Waals surface area contributed by atoms with Gasteiger partial charge in [0.2, 0.25) is 5.79 Å². The van der Waals surface area contributed by atoms with Gasteiger partial charge in [0.15, 0.2) is 18.0 Å². The van der Waals surface area contributed by atoms with Gasteiger partial charge < -0.3 is 49.1 Å². The number of nitrogens with one attached hydrogen (secondary N) is 1. The van der Waals surface area contributed by atoms with Crippen LogP contribution in [0.5, 0.6) is 0 Å². The maximum absolute atomic E-state index is 15.5. The van der Waals surface area contributed by atoms with Crippen molar-refractivity contribution < 1.29 is 72.5 Å². The fraction of sp³-hybridized carbons (Fsp3) is 0.447. The van der Waals surface area contributed by atoms with Gasteiger partial charge in [0.25, 0.3) is 5.91 Å². The number of benzene rings is 3. The smallest absolute Gasteiger partial charge is 0.456 e. The van der Waals surface area contributed by atoms with Crippen molar-refractivity contribution >= 4 is 35.8 Å². The Kier molecular flexibility index (Phi) is 12.2. The topological polar surface area (TPSA) is 231 Å². The number of ketones is 1. The average Bonchev–Trinajstić information content (AvgIpc) is 3.26. The zero-order valence-electron chi connectivity index (χ0n) is 35.6. The van der Waals surface area contributed by atoms with Crippen LogP contribution in [0.3, 0.4) is 0 Å². The van der Waals surface area contributed by atoms with Gasteiger partial charge in [0.1, 0.15) is 17.8 Å². The van der Waals surface area contributed by atoms with E-state index in [4.69, 9.17) is 28.4 Å². The molecule has 0 radical (unpaired) electrons. The van der Waals surface area contributed by atoms with Gasteiger partial charge in [-0.2, -0.15) is 0 Å². The molecule has 4 N–H and O–H groups in total. The van der Waals surface area contributed by atoms with E-state index in [0.717, 1.165) is 14.0 Å². The predicted octanol–water partition coefficient (Wildman–Crippen LogP) is 4.16. The molecule has 3 aromatic rings. The molecule has 3 aromatic carbocycles. The molecule has 3 fully saturated rings. The third kappa shape index (κ3) is 7.58. The molecule has 7 rings (SSSR count). The first-order chi connectivity index (χ1) is 29.8. The van der Waals surface area contributed by atoms with E-state index in [1.807, 2.05) is 0 Å². The molecule has 2 bridgehead atoms. The molecule has 16 heteroatoms. The molecule has 2 saturated carbocycles. The van der Waals surface area contributed by atoms with Crippen LogP contribution in [0, 0.1) is 22.7 Å². The van der Waals surface area contributed by atoms with E-state index in [0.29, 0.717) is 5.56 Å². The Hall–Kier alpha value is -5.94. The fourth-order valence-corrected chi connectivity index (χ4v) is 10.1. The number of ether oxygens (including phenoxy) is 6. The lowest BCUT2D eigenvalue weighted by molar-refractivity contribution is -0.409. The van der Waals surface area contributed by atoms with E-state index in [2.05, 4.69) is 5.32 Å². The minimum atomic E-state index is -2.46. The number of rotatable bonds is 10. The van der Waals surface area contributed by atoms with Crippen molar-refractivity contribution in [2.45, 2.75) is 95.4 Å². The summed E-state index contributed by atoms with van der Waals surface area (Å²) in [5.74, 6) is -9.38. The number of hydrogen-bond donors (Lipinski definition) is 4. The lowest BCUT2D eigenvalue weighted by atomic mass is 9.45. The Bertz CT molecular complexity index is 2300. The molecule has 334 valence electrons. The first-order valence-corrected chi connectivity index (χ1v) is 20.6. The van der Waals surface area contributed by atoms with Gasteiger partial charge in [-0.05, 0) is 61.2 Å². The third-order valence-electron chi connectivity index (χ3n) is 13.6. The summed E-state index contributed by atoms with van der Waals surface area (Å²) in [6.45, 7) is 6.91. The van der Waals surface area contributed by atoms with Crippen molar-refractivity contribution in [1.29, 1.82) is 0 Å². The highest BCUT2D eigenvalue weighted by molar-refractivity contribution is 5.96. The van der Waals surface area contributed by atoms with Crippen LogP contribution in [0.15, 0.2) is 102 Å². The largest absolute Gasteiger partial charge is 0.510 e. The van der Waals surface area contributed by atoms with Crippen molar-refractivity contribution in [2.75, 3.05) is 13.7 Å². The fourth-order valence-electron chi connectivity index (χ4n) is 10.1. The number of esters is 3. The Morgan fingerprint density at radius 3 is 2.00 bits per heavy atom. The summed E-state index contributed by atoms with van der Waals surface area (Å²) in [6, 6.07) is 22.8. The van der Waals surface area contributed by atoms with Gasteiger partial charge in [0, 0.05) is 24.3 Å². The second-order valence-electron chi connectivity index (χ2n) is 17.3. The Balaban J connectivity index is 1.39. The van der Waals surface area contributed by atoms with Gasteiger partial charge in [0.05, 0.1) is 48.7 Å². The van der Waals surface area contributed by atoms with Crippen LogP contribution < -0.4 is 5.32 Å². The molecule has 0 spiro atoms. The molecular formula is C47H51NO15. The van der Waals surface area contributed by atoms with Gasteiger partial charge in [-0.25, -0.2) is 14.4 Å². The maximum Gasteiger partial charge on any atom is 0.510 e. The van der Waals surface area contributed by atoms with Crippen LogP contribution in [-0.2, 0) is 42.8 Å². The summed E-state index contributed by atoms with van der Waals surface area (Å²) < 4.78 is 35.2. The van der Waals surface area contributed by atoms with Gasteiger partial charge >= 0.3 is 24.1 Å². The monoisotopic (exact) mass is 869 g/mol. The highest BCUT2D eigenvalue weighted by Gasteiger charge is 2.79. The number of amides is 1. The molecule has 1 heterocycles. The van der Waals surface area contributed by atoms with Crippen molar-refractivity contribution in [3.63, 3.8) is 0 Å². The SMILES string of the molecule is COC(=O)O[C@@]12OC[C@@H]1C[C@H](O)[C@@]1(C)C(=O)[C@H](OC(C)=O)C3=C(C)[C@@H](OC(=O)[C@H](O)[C@@H](NC(=O)c4ccccc4)c4ccccc4)C[C@@](O)([C@@H](OC(=O)c4ccccc4)[C@H]21)C3(C)C. The molecular weight excluding hydrogens is 819 g/mol. The molecule has 11 atom stereocenters. The molecule has 3 aliphatic carbocycles.